The van der Waals surface area contributed by atoms with Crippen molar-refractivity contribution in [3.63, 3.8) is 0 Å². The van der Waals surface area contributed by atoms with Crippen LogP contribution >= 0.6 is 0 Å². The van der Waals surface area contributed by atoms with Gasteiger partial charge in [-0.25, -0.2) is 4.39 Å². The van der Waals surface area contributed by atoms with Crippen LogP contribution in [0.15, 0.2) is 29.4 Å². The Morgan fingerprint density at radius 1 is 1.09 bits per heavy atom. The van der Waals surface area contributed by atoms with Gasteiger partial charge in [-0.15, -0.1) is 0 Å². The normalized spacial score (nSPS) is 26.7. The molecule has 1 saturated carbocycles. The van der Waals surface area contributed by atoms with Gasteiger partial charge in [0.05, 0.1) is 5.92 Å². The van der Waals surface area contributed by atoms with Crippen molar-refractivity contribution >= 4 is 23.6 Å². The average Bonchev–Trinajstić information content (AvgIpc) is 3.30. The predicted molar refractivity (Wildman–Crippen MR) is 127 cm³/mol. The van der Waals surface area contributed by atoms with E-state index in [-0.39, 0.29) is 41.4 Å². The Bertz CT molecular complexity index is 1010. The maximum atomic E-state index is 13.5. The Kier molecular flexibility index (Phi) is 6.62. The zero-order valence-electron chi connectivity index (χ0n) is 19.9. The topological polar surface area (TPSA) is 111 Å². The standard InChI is InChI=1S/C25H33FN6O3/c26-18-7-5-16(6-8-18)15-31-24(35)19-3-1-2-4-20(19)32-21(28-29-25(31)32)9-10-22(33)30-13-11-17(12-14-30)23(27)34/h5-8,17,19-20,25,29H,1-4,9-15H2,(H2,27,34). The number of nitrogens with zero attached hydrogens (tertiary/aromatic N) is 4. The first kappa shape index (κ1) is 23.6. The van der Waals surface area contributed by atoms with Crippen LogP contribution < -0.4 is 11.2 Å². The molecule has 2 saturated heterocycles. The Morgan fingerprint density at radius 2 is 1.80 bits per heavy atom. The molecule has 3 amide bonds. The second-order valence-corrected chi connectivity index (χ2v) is 10.0. The third kappa shape index (κ3) is 4.70. The van der Waals surface area contributed by atoms with Crippen molar-refractivity contribution in [1.29, 1.82) is 0 Å². The van der Waals surface area contributed by atoms with E-state index in [0.29, 0.717) is 45.3 Å². The van der Waals surface area contributed by atoms with Crippen LogP contribution in [0.4, 0.5) is 4.39 Å². The molecule has 1 aliphatic carbocycles. The first-order chi connectivity index (χ1) is 16.9. The van der Waals surface area contributed by atoms with Crippen LogP contribution in [0, 0.1) is 17.7 Å². The van der Waals surface area contributed by atoms with Crippen LogP contribution in [0.1, 0.15) is 56.9 Å². The number of primary amides is 1. The number of rotatable bonds is 6. The molecule has 1 aromatic carbocycles. The molecule has 0 bridgehead atoms. The molecule has 35 heavy (non-hydrogen) atoms. The van der Waals surface area contributed by atoms with Crippen molar-refractivity contribution in [3.05, 3.63) is 35.6 Å². The molecular formula is C25H33FN6O3. The zero-order chi connectivity index (χ0) is 24.5. The Morgan fingerprint density at radius 3 is 2.51 bits per heavy atom. The van der Waals surface area contributed by atoms with Gasteiger partial charge in [0, 0.05) is 44.4 Å². The average molecular weight is 485 g/mol. The molecule has 3 heterocycles. The number of carbonyl (C=O) groups excluding carboxylic acids is 3. The molecule has 1 aromatic rings. The van der Waals surface area contributed by atoms with E-state index in [1.54, 1.807) is 17.0 Å². The van der Waals surface area contributed by atoms with E-state index in [9.17, 15) is 18.8 Å². The first-order valence-electron chi connectivity index (χ1n) is 12.6. The van der Waals surface area contributed by atoms with E-state index in [4.69, 9.17) is 5.73 Å². The highest BCUT2D eigenvalue weighted by Gasteiger charge is 2.50. The lowest BCUT2D eigenvalue weighted by atomic mass is 9.80. The summed E-state index contributed by atoms with van der Waals surface area (Å²) in [5.74, 6) is 0.123. The molecule has 3 atom stereocenters. The molecule has 3 aliphatic heterocycles. The van der Waals surface area contributed by atoms with E-state index in [1.807, 2.05) is 4.90 Å². The number of halogens is 1. The molecule has 5 rings (SSSR count). The molecule has 3 N–H and O–H groups in total. The highest BCUT2D eigenvalue weighted by Crippen LogP contribution is 2.38. The first-order valence-corrected chi connectivity index (χ1v) is 12.6. The number of carbonyl (C=O) groups is 3. The second-order valence-electron chi connectivity index (χ2n) is 10.0. The van der Waals surface area contributed by atoms with E-state index in [0.717, 1.165) is 37.1 Å². The van der Waals surface area contributed by atoms with Gasteiger partial charge in [-0.2, -0.15) is 5.10 Å². The summed E-state index contributed by atoms with van der Waals surface area (Å²) in [6.07, 6.45) is 5.49. The highest BCUT2D eigenvalue weighted by molar-refractivity contribution is 5.91. The molecule has 10 heteroatoms. The summed E-state index contributed by atoms with van der Waals surface area (Å²) < 4.78 is 13.4. The Balaban J connectivity index is 1.26. The van der Waals surface area contributed by atoms with Crippen LogP contribution in [0.3, 0.4) is 0 Å². The second kappa shape index (κ2) is 9.83. The fourth-order valence-electron chi connectivity index (χ4n) is 5.98. The zero-order valence-corrected chi connectivity index (χ0v) is 19.9. The number of amides is 3. The molecule has 4 aliphatic rings. The summed E-state index contributed by atoms with van der Waals surface area (Å²) in [7, 11) is 0. The minimum absolute atomic E-state index is 0.0514. The van der Waals surface area contributed by atoms with Gasteiger partial charge in [-0.05, 0) is 43.4 Å². The number of nitrogens with two attached hydrogens (primary N) is 1. The quantitative estimate of drug-likeness (QED) is 0.639. The molecule has 0 spiro atoms. The van der Waals surface area contributed by atoms with Gasteiger partial charge in [-0.3, -0.25) is 24.7 Å². The Labute approximate surface area is 204 Å². The molecule has 0 radical (unpaired) electrons. The third-order valence-corrected chi connectivity index (χ3v) is 7.93. The summed E-state index contributed by atoms with van der Waals surface area (Å²) in [4.78, 5) is 43.6. The maximum absolute atomic E-state index is 13.5. The van der Waals surface area contributed by atoms with Crippen LogP contribution in [-0.2, 0) is 20.9 Å². The molecular weight excluding hydrogens is 451 g/mol. The van der Waals surface area contributed by atoms with E-state index in [2.05, 4.69) is 15.4 Å². The SMILES string of the molecule is NC(=O)C1CCN(C(=O)CCC2=NNC3N(Cc4ccc(F)cc4)C(=O)C4CCCCC4N23)CC1. The molecule has 9 nitrogen and oxygen atoms in total. The number of likely N-dealkylation sites (tertiary alicyclic amines) is 1. The maximum Gasteiger partial charge on any atom is 0.231 e. The van der Waals surface area contributed by atoms with Crippen molar-refractivity contribution < 1.29 is 18.8 Å². The smallest absolute Gasteiger partial charge is 0.231 e. The van der Waals surface area contributed by atoms with Gasteiger partial charge in [-0.1, -0.05) is 25.0 Å². The van der Waals surface area contributed by atoms with Gasteiger partial charge in [0.2, 0.25) is 17.7 Å². The van der Waals surface area contributed by atoms with Gasteiger partial charge in [0.25, 0.3) is 0 Å². The van der Waals surface area contributed by atoms with Crippen LogP contribution in [0.5, 0.6) is 0 Å². The van der Waals surface area contributed by atoms with E-state index >= 15 is 0 Å². The van der Waals surface area contributed by atoms with Gasteiger partial charge in [0.15, 0.2) is 6.29 Å². The number of fused-ring (bicyclic) bond motifs is 3. The van der Waals surface area contributed by atoms with Gasteiger partial charge < -0.3 is 15.5 Å². The van der Waals surface area contributed by atoms with E-state index in [1.165, 1.54) is 12.1 Å². The Hall–Kier alpha value is -3.17. The number of hydrogen-bond acceptors (Lipinski definition) is 6. The largest absolute Gasteiger partial charge is 0.369 e. The number of nitrogens with one attached hydrogen (secondary N) is 1. The fraction of sp³-hybridized carbons (Fsp3) is 0.600. The minimum Gasteiger partial charge on any atom is -0.369 e. The predicted octanol–water partition coefficient (Wildman–Crippen LogP) is 1.73. The number of amidine groups is 1. The van der Waals surface area contributed by atoms with Crippen molar-refractivity contribution in [2.45, 2.75) is 70.2 Å². The summed E-state index contributed by atoms with van der Waals surface area (Å²) in [5, 5.41) is 4.57. The van der Waals surface area contributed by atoms with Gasteiger partial charge in [0.1, 0.15) is 11.7 Å². The lowest BCUT2D eigenvalue weighted by Gasteiger charge is -2.50. The number of piperidine rings is 1. The third-order valence-electron chi connectivity index (χ3n) is 7.93. The van der Waals surface area contributed by atoms with Crippen molar-refractivity contribution in [2.24, 2.45) is 22.7 Å². The molecule has 188 valence electrons. The van der Waals surface area contributed by atoms with Crippen LogP contribution in [-0.4, -0.2) is 63.7 Å². The van der Waals surface area contributed by atoms with Crippen LogP contribution in [0.25, 0.3) is 0 Å². The minimum atomic E-state index is -0.400. The van der Waals surface area contributed by atoms with E-state index < -0.39 is 6.29 Å². The molecule has 3 fully saturated rings. The molecule has 3 unspecified atom stereocenters. The summed E-state index contributed by atoms with van der Waals surface area (Å²) in [6, 6.07) is 6.30. The fourth-order valence-corrected chi connectivity index (χ4v) is 5.98. The number of hydrogen-bond donors (Lipinski definition) is 2. The van der Waals surface area contributed by atoms with Crippen molar-refractivity contribution in [2.75, 3.05) is 13.1 Å². The summed E-state index contributed by atoms with van der Waals surface area (Å²) >= 11 is 0. The van der Waals surface area contributed by atoms with Gasteiger partial charge >= 0.3 is 0 Å². The lowest BCUT2D eigenvalue weighted by Crippen LogP contribution is -2.67. The van der Waals surface area contributed by atoms with Crippen molar-refractivity contribution in [3.8, 4) is 0 Å². The molecule has 0 aromatic heterocycles. The summed E-state index contributed by atoms with van der Waals surface area (Å²) in [5.41, 5.74) is 9.41. The number of hydrazone groups is 1. The van der Waals surface area contributed by atoms with Crippen molar-refractivity contribution in [1.82, 2.24) is 20.1 Å². The monoisotopic (exact) mass is 484 g/mol. The summed E-state index contributed by atoms with van der Waals surface area (Å²) in [6.45, 7) is 1.47. The van der Waals surface area contributed by atoms with Crippen LogP contribution in [0.2, 0.25) is 0 Å². The lowest BCUT2D eigenvalue weighted by molar-refractivity contribution is -0.156. The highest BCUT2D eigenvalue weighted by atomic mass is 19.1. The number of benzene rings is 1.